The Morgan fingerprint density at radius 2 is 1.32 bits per heavy atom. The molecule has 314 valence electrons. The fourth-order valence-corrected chi connectivity index (χ4v) is 6.57. The number of halogens is 9. The highest BCUT2D eigenvalue weighted by atomic mass is 19.4. The van der Waals surface area contributed by atoms with Crippen molar-refractivity contribution in [2.24, 2.45) is 5.92 Å². The van der Waals surface area contributed by atoms with E-state index in [1.54, 1.807) is 0 Å². The summed E-state index contributed by atoms with van der Waals surface area (Å²) in [4.78, 5) is 45.3. The molecule has 0 radical (unpaired) electrons. The second kappa shape index (κ2) is 19.4. The van der Waals surface area contributed by atoms with Crippen LogP contribution in [0.2, 0.25) is 0 Å². The van der Waals surface area contributed by atoms with Crippen molar-refractivity contribution in [3.63, 3.8) is 0 Å². The highest BCUT2D eigenvalue weighted by Crippen LogP contribution is 2.35. The van der Waals surface area contributed by atoms with Crippen molar-refractivity contribution in [2.75, 3.05) is 32.7 Å². The van der Waals surface area contributed by atoms with Crippen LogP contribution >= 0.6 is 0 Å². The van der Waals surface area contributed by atoms with Crippen LogP contribution in [0.3, 0.4) is 0 Å². The summed E-state index contributed by atoms with van der Waals surface area (Å²) in [5.41, 5.74) is 7.10. The zero-order valence-corrected chi connectivity index (χ0v) is 31.0. The third-order valence-electron chi connectivity index (χ3n) is 9.13. The second-order valence-electron chi connectivity index (χ2n) is 13.8. The number of imidazole rings is 1. The van der Waals surface area contributed by atoms with Crippen LogP contribution in [0.15, 0.2) is 48.7 Å². The van der Waals surface area contributed by atoms with Gasteiger partial charge >= 0.3 is 36.4 Å². The number of hydrogen-bond acceptors (Lipinski definition) is 7. The van der Waals surface area contributed by atoms with Gasteiger partial charge in [-0.15, -0.1) is 0 Å². The molecule has 6 rings (SSSR count). The summed E-state index contributed by atoms with van der Waals surface area (Å²) >= 11 is 0. The number of fused-ring (bicyclic) bond motifs is 2. The molecule has 0 unspecified atom stereocenters. The average Bonchev–Trinajstić information content (AvgIpc) is 3.56. The van der Waals surface area contributed by atoms with Crippen LogP contribution in [-0.2, 0) is 14.4 Å². The topological polar surface area (TPSA) is 160 Å². The van der Waals surface area contributed by atoms with E-state index in [1.807, 2.05) is 12.3 Å². The van der Waals surface area contributed by atoms with Gasteiger partial charge in [-0.25, -0.2) is 19.4 Å². The second-order valence-corrected chi connectivity index (χ2v) is 13.8. The third-order valence-corrected chi connectivity index (χ3v) is 9.13. The van der Waals surface area contributed by atoms with Crippen molar-refractivity contribution >= 4 is 39.8 Å². The number of hydrogen-bond donors (Lipinski definition) is 4. The minimum Gasteiger partial charge on any atom is -0.475 e. The number of aromatic nitrogens is 3. The number of pyridine rings is 1. The lowest BCUT2D eigenvalue weighted by Gasteiger charge is -2.42. The standard InChI is InChI=1S/C31H39N5.3C2HF3O2/c1-21(2)20-35-14-11-25(12-15-35)36-16-9-23(10-17-36)24-18-22(3)30-29(19-24)33-31(34-30)27-6-4-8-28-26(27)7-5-13-32-28;3*3-2(4,5)1(6)7/h4-8,13,18-19,21,23,25H,9-12,14-17,20H2,1-3H3,(H,33,34);3*(H,6,7). The smallest absolute Gasteiger partial charge is 0.475 e. The first-order valence-electron chi connectivity index (χ1n) is 17.6. The fraction of sp³-hybridized carbons (Fsp3) is 0.486. The summed E-state index contributed by atoms with van der Waals surface area (Å²) in [6, 6.07) is 15.9. The van der Waals surface area contributed by atoms with Gasteiger partial charge in [0.1, 0.15) is 5.82 Å². The number of rotatable bonds is 5. The van der Waals surface area contributed by atoms with Crippen molar-refractivity contribution in [2.45, 2.75) is 76.9 Å². The Bertz CT molecular complexity index is 1900. The van der Waals surface area contributed by atoms with E-state index in [0.29, 0.717) is 5.92 Å². The first kappa shape index (κ1) is 46.4. The van der Waals surface area contributed by atoms with E-state index in [0.717, 1.165) is 45.3 Å². The van der Waals surface area contributed by atoms with Gasteiger partial charge in [0.05, 0.1) is 16.6 Å². The molecule has 11 nitrogen and oxygen atoms in total. The summed E-state index contributed by atoms with van der Waals surface area (Å²) < 4.78 is 95.2. The number of carbonyl (C=O) groups is 3. The number of carboxylic acid groups (broad SMARTS) is 3. The predicted molar refractivity (Wildman–Crippen MR) is 190 cm³/mol. The van der Waals surface area contributed by atoms with Crippen molar-refractivity contribution in [3.8, 4) is 11.4 Å². The van der Waals surface area contributed by atoms with Gasteiger partial charge in [0.2, 0.25) is 0 Å². The lowest BCUT2D eigenvalue weighted by Crippen LogP contribution is -2.48. The van der Waals surface area contributed by atoms with Crippen molar-refractivity contribution in [1.29, 1.82) is 0 Å². The number of nitrogens with zero attached hydrogens (tertiary/aromatic N) is 4. The number of H-pyrrole nitrogens is 1. The number of piperidine rings is 2. The number of aromatic amines is 1. The van der Waals surface area contributed by atoms with Crippen LogP contribution < -0.4 is 0 Å². The summed E-state index contributed by atoms with van der Waals surface area (Å²) in [5, 5.41) is 22.5. The van der Waals surface area contributed by atoms with E-state index in [2.05, 4.69) is 76.9 Å². The van der Waals surface area contributed by atoms with Gasteiger partial charge in [-0.1, -0.05) is 38.1 Å². The molecule has 57 heavy (non-hydrogen) atoms. The van der Waals surface area contributed by atoms with Crippen molar-refractivity contribution < 1.29 is 69.2 Å². The minimum atomic E-state index is -5.08. The Labute approximate surface area is 320 Å². The molecular weight excluding hydrogens is 781 g/mol. The third kappa shape index (κ3) is 13.9. The van der Waals surface area contributed by atoms with Crippen LogP contribution in [0.25, 0.3) is 33.3 Å². The van der Waals surface area contributed by atoms with Crippen molar-refractivity contribution in [3.05, 3.63) is 59.8 Å². The first-order valence-corrected chi connectivity index (χ1v) is 17.6. The first-order chi connectivity index (χ1) is 26.4. The van der Waals surface area contributed by atoms with Gasteiger partial charge in [0, 0.05) is 29.7 Å². The molecule has 0 atom stereocenters. The number of nitrogens with one attached hydrogen (secondary N) is 1. The highest BCUT2D eigenvalue weighted by molar-refractivity contribution is 5.95. The molecule has 20 heteroatoms. The summed E-state index contributed by atoms with van der Waals surface area (Å²) in [6.07, 6.45) is -8.21. The summed E-state index contributed by atoms with van der Waals surface area (Å²) in [7, 11) is 0. The van der Waals surface area contributed by atoms with Crippen LogP contribution in [0, 0.1) is 12.8 Å². The number of benzene rings is 2. The molecule has 0 bridgehead atoms. The van der Waals surface area contributed by atoms with Crippen LogP contribution in [0.5, 0.6) is 0 Å². The van der Waals surface area contributed by atoms with Gasteiger partial charge in [0.15, 0.2) is 0 Å². The predicted octanol–water partition coefficient (Wildman–Crippen LogP) is 8.29. The fourth-order valence-electron chi connectivity index (χ4n) is 6.57. The van der Waals surface area contributed by atoms with E-state index < -0.39 is 36.4 Å². The van der Waals surface area contributed by atoms with Gasteiger partial charge < -0.3 is 30.1 Å². The van der Waals surface area contributed by atoms with Crippen LogP contribution in [-0.4, -0.2) is 115 Å². The molecular formula is C37H42F9N5O6. The molecule has 0 spiro atoms. The molecule has 2 aromatic heterocycles. The lowest BCUT2D eigenvalue weighted by atomic mass is 9.87. The Morgan fingerprint density at radius 1 is 0.789 bits per heavy atom. The maximum Gasteiger partial charge on any atom is 0.490 e. The van der Waals surface area contributed by atoms with E-state index in [1.165, 1.54) is 69.5 Å². The molecule has 2 saturated heterocycles. The molecule has 4 N–H and O–H groups in total. The average molecular weight is 824 g/mol. The van der Waals surface area contributed by atoms with Crippen LogP contribution in [0.4, 0.5) is 39.5 Å². The maximum atomic E-state index is 10.6. The number of alkyl halides is 9. The summed E-state index contributed by atoms with van der Waals surface area (Å²) in [5.74, 6) is -5.93. The Hall–Kier alpha value is -4.98. The largest absolute Gasteiger partial charge is 0.490 e. The van der Waals surface area contributed by atoms with Gasteiger partial charge in [-0.3, -0.25) is 4.98 Å². The molecule has 0 aliphatic carbocycles. The van der Waals surface area contributed by atoms with Gasteiger partial charge in [0.25, 0.3) is 0 Å². The molecule has 2 fully saturated rings. The molecule has 0 saturated carbocycles. The zero-order valence-electron chi connectivity index (χ0n) is 31.0. The molecule has 2 aliphatic rings. The number of aryl methyl sites for hydroxylation is 1. The zero-order chi connectivity index (χ0) is 42.9. The molecule has 4 heterocycles. The molecule has 0 amide bonds. The molecule has 2 aliphatic heterocycles. The van der Waals surface area contributed by atoms with E-state index in [-0.39, 0.29) is 0 Å². The lowest BCUT2D eigenvalue weighted by molar-refractivity contribution is -0.193. The number of aliphatic carboxylic acids is 3. The quantitative estimate of drug-likeness (QED) is 0.144. The Kier molecular flexibility index (Phi) is 15.8. The van der Waals surface area contributed by atoms with E-state index >= 15 is 0 Å². The Morgan fingerprint density at radius 3 is 1.81 bits per heavy atom. The van der Waals surface area contributed by atoms with E-state index in [9.17, 15) is 39.5 Å². The van der Waals surface area contributed by atoms with Gasteiger partial charge in [-0.2, -0.15) is 39.5 Å². The van der Waals surface area contributed by atoms with Gasteiger partial charge in [-0.05, 0) is 99.9 Å². The monoisotopic (exact) mass is 823 g/mol. The minimum absolute atomic E-state index is 0.638. The molecule has 2 aromatic carbocycles. The number of likely N-dealkylation sites (tertiary alicyclic amines) is 2. The molecule has 4 aromatic rings. The number of carboxylic acids is 3. The Balaban J connectivity index is 0.000000341. The van der Waals surface area contributed by atoms with Crippen molar-refractivity contribution in [1.82, 2.24) is 24.8 Å². The normalized spacial score (nSPS) is 16.2. The maximum absolute atomic E-state index is 10.6. The highest BCUT2D eigenvalue weighted by Gasteiger charge is 2.39. The summed E-state index contributed by atoms with van der Waals surface area (Å²) in [6.45, 7) is 13.1. The van der Waals surface area contributed by atoms with Crippen LogP contribution in [0.1, 0.15) is 56.6 Å². The SMILES string of the molecule is Cc1cc(C2CCN(C3CCN(CC(C)C)CC3)CC2)cc2[nH]c(-c3cccc4ncccc34)nc12.O=C(O)C(F)(F)F.O=C(O)C(F)(F)F.O=C(O)C(F)(F)F. The van der Waals surface area contributed by atoms with E-state index in [4.69, 9.17) is 34.7 Å².